The number of rotatable bonds is 5. The van der Waals surface area contributed by atoms with Crippen molar-refractivity contribution in [2.24, 2.45) is 7.05 Å². The van der Waals surface area contributed by atoms with Gasteiger partial charge in [-0.15, -0.1) is 0 Å². The Balaban J connectivity index is 2.43. The van der Waals surface area contributed by atoms with Gasteiger partial charge in [0.25, 0.3) is 6.43 Å². The van der Waals surface area contributed by atoms with E-state index in [9.17, 15) is 8.78 Å². The highest BCUT2D eigenvalue weighted by atomic mass is 79.9. The maximum atomic E-state index is 12.6. The second kappa shape index (κ2) is 5.55. The number of anilines is 1. The smallest absolute Gasteiger partial charge is 0.255 e. The van der Waals surface area contributed by atoms with Crippen LogP contribution in [-0.2, 0) is 7.05 Å². The summed E-state index contributed by atoms with van der Waals surface area (Å²) in [5.74, 6) is 0.493. The Kier molecular flexibility index (Phi) is 4.05. The second-order valence-electron chi connectivity index (χ2n) is 3.73. The highest BCUT2D eigenvalue weighted by molar-refractivity contribution is 9.09. The van der Waals surface area contributed by atoms with Gasteiger partial charge in [-0.1, -0.05) is 15.9 Å². The van der Waals surface area contributed by atoms with Crippen LogP contribution in [0.25, 0.3) is 11.0 Å². The minimum Gasteiger partial charge on any atom is -0.349 e. The first-order chi connectivity index (χ1) is 8.63. The molecule has 0 atom stereocenters. The first-order valence-corrected chi connectivity index (χ1v) is 6.47. The van der Waals surface area contributed by atoms with Crippen molar-refractivity contribution in [3.05, 3.63) is 12.5 Å². The molecule has 0 N–H and O–H groups in total. The Hall–Kier alpha value is -1.31. The van der Waals surface area contributed by atoms with E-state index in [-0.39, 0.29) is 6.54 Å². The van der Waals surface area contributed by atoms with Gasteiger partial charge in [-0.05, 0) is 0 Å². The predicted molar refractivity (Wildman–Crippen MR) is 68.3 cm³/mol. The van der Waals surface area contributed by atoms with Crippen molar-refractivity contribution in [3.8, 4) is 0 Å². The maximum Gasteiger partial charge on any atom is 0.255 e. The molecule has 0 fully saturated rings. The number of hydrogen-bond acceptors (Lipinski definition) is 4. The lowest BCUT2D eigenvalue weighted by atomic mass is 10.3. The zero-order valence-electron chi connectivity index (χ0n) is 9.72. The fourth-order valence-corrected chi connectivity index (χ4v) is 2.18. The summed E-state index contributed by atoms with van der Waals surface area (Å²) in [5, 5.41) is 5.34. The highest BCUT2D eigenvalue weighted by Crippen LogP contribution is 2.22. The van der Waals surface area contributed by atoms with Crippen molar-refractivity contribution < 1.29 is 8.78 Å². The summed E-state index contributed by atoms with van der Waals surface area (Å²) in [6.45, 7) is 0.0952. The van der Waals surface area contributed by atoms with Gasteiger partial charge in [0.2, 0.25) is 0 Å². The third-order valence-electron chi connectivity index (χ3n) is 2.52. The Bertz CT molecular complexity index is 530. The first kappa shape index (κ1) is 13.1. The summed E-state index contributed by atoms with van der Waals surface area (Å²) < 4.78 is 26.7. The number of fused-ring (bicyclic) bond motifs is 1. The molecule has 2 aromatic rings. The minimum absolute atomic E-state index is 0.355. The molecular formula is C10H12BrF2N5. The Labute approximate surface area is 111 Å². The van der Waals surface area contributed by atoms with Gasteiger partial charge in [-0.25, -0.2) is 18.7 Å². The quantitative estimate of drug-likeness (QED) is 0.789. The lowest BCUT2D eigenvalue weighted by Gasteiger charge is -2.22. The summed E-state index contributed by atoms with van der Waals surface area (Å²) >= 11 is 3.26. The fourth-order valence-electron chi connectivity index (χ4n) is 1.75. The Morgan fingerprint density at radius 3 is 2.89 bits per heavy atom. The standard InChI is InChI=1S/C10H12BrF2N5/c1-17-9-7(4-16-17)10(15-6-14-9)18(3-2-11)5-8(12)13/h4,6,8H,2-3,5H2,1H3. The molecule has 0 spiro atoms. The van der Waals surface area contributed by atoms with E-state index in [4.69, 9.17) is 0 Å². The van der Waals surface area contributed by atoms with E-state index >= 15 is 0 Å². The van der Waals surface area contributed by atoms with Gasteiger partial charge in [0, 0.05) is 18.9 Å². The number of aromatic nitrogens is 4. The third-order valence-corrected chi connectivity index (χ3v) is 2.88. The molecule has 0 aliphatic heterocycles. The van der Waals surface area contributed by atoms with E-state index in [1.54, 1.807) is 17.9 Å². The van der Waals surface area contributed by atoms with Crippen molar-refractivity contribution >= 4 is 32.8 Å². The molecule has 0 radical (unpaired) electrons. The summed E-state index contributed by atoms with van der Waals surface area (Å²) in [6, 6.07) is 0. The van der Waals surface area contributed by atoms with Crippen LogP contribution in [0.1, 0.15) is 0 Å². The van der Waals surface area contributed by atoms with Crippen LogP contribution in [0.4, 0.5) is 14.6 Å². The van der Waals surface area contributed by atoms with E-state index in [0.29, 0.717) is 28.7 Å². The molecule has 0 aromatic carbocycles. The van der Waals surface area contributed by atoms with Crippen LogP contribution in [0.5, 0.6) is 0 Å². The molecule has 2 aromatic heterocycles. The van der Waals surface area contributed by atoms with E-state index in [1.165, 1.54) is 11.2 Å². The number of nitrogens with zero attached hydrogens (tertiary/aromatic N) is 5. The molecule has 18 heavy (non-hydrogen) atoms. The molecule has 5 nitrogen and oxygen atoms in total. The van der Waals surface area contributed by atoms with Gasteiger partial charge in [0.05, 0.1) is 18.1 Å². The second-order valence-corrected chi connectivity index (χ2v) is 4.52. The summed E-state index contributed by atoms with van der Waals surface area (Å²) in [4.78, 5) is 9.72. The summed E-state index contributed by atoms with van der Waals surface area (Å²) in [6.07, 6.45) is 0.550. The lowest BCUT2D eigenvalue weighted by Crippen LogP contribution is -2.31. The van der Waals surface area contributed by atoms with Crippen molar-refractivity contribution in [2.45, 2.75) is 6.43 Å². The van der Waals surface area contributed by atoms with Crippen LogP contribution < -0.4 is 4.90 Å². The average molecular weight is 320 g/mol. The highest BCUT2D eigenvalue weighted by Gasteiger charge is 2.17. The molecule has 0 bridgehead atoms. The first-order valence-electron chi connectivity index (χ1n) is 5.35. The molecule has 0 aliphatic carbocycles. The Morgan fingerprint density at radius 1 is 1.44 bits per heavy atom. The topological polar surface area (TPSA) is 46.8 Å². The normalized spacial score (nSPS) is 11.4. The molecule has 8 heteroatoms. The van der Waals surface area contributed by atoms with Crippen molar-refractivity contribution in [1.29, 1.82) is 0 Å². The van der Waals surface area contributed by atoms with Gasteiger partial charge in [-0.2, -0.15) is 5.10 Å². The van der Waals surface area contributed by atoms with E-state index < -0.39 is 6.43 Å². The summed E-state index contributed by atoms with van der Waals surface area (Å²) in [5.41, 5.74) is 0.633. The molecule has 0 aliphatic rings. The molecule has 0 amide bonds. The molecule has 2 rings (SSSR count). The number of hydrogen-bond donors (Lipinski definition) is 0. The van der Waals surface area contributed by atoms with Crippen LogP contribution in [-0.4, -0.2) is 44.6 Å². The molecule has 2 heterocycles. The molecule has 98 valence electrons. The van der Waals surface area contributed by atoms with E-state index in [1.807, 2.05) is 0 Å². The number of alkyl halides is 3. The van der Waals surface area contributed by atoms with Crippen LogP contribution in [0.2, 0.25) is 0 Å². The minimum atomic E-state index is -2.41. The zero-order valence-corrected chi connectivity index (χ0v) is 11.3. The van der Waals surface area contributed by atoms with Gasteiger partial charge in [0.1, 0.15) is 12.1 Å². The van der Waals surface area contributed by atoms with Crippen molar-refractivity contribution in [2.75, 3.05) is 23.3 Å². The van der Waals surface area contributed by atoms with E-state index in [0.717, 1.165) is 0 Å². The van der Waals surface area contributed by atoms with Crippen molar-refractivity contribution in [3.63, 3.8) is 0 Å². The molecule has 0 saturated heterocycles. The van der Waals surface area contributed by atoms with Gasteiger partial charge in [-0.3, -0.25) is 4.68 Å². The number of aryl methyl sites for hydroxylation is 1. The van der Waals surface area contributed by atoms with Crippen LogP contribution in [0.15, 0.2) is 12.5 Å². The average Bonchev–Trinajstić information content (AvgIpc) is 2.70. The fraction of sp³-hybridized carbons (Fsp3) is 0.500. The summed E-state index contributed by atoms with van der Waals surface area (Å²) in [7, 11) is 1.75. The SMILES string of the molecule is Cn1ncc2c(N(CCBr)CC(F)F)ncnc21. The predicted octanol–water partition coefficient (Wildman–Crippen LogP) is 1.83. The van der Waals surface area contributed by atoms with Crippen LogP contribution in [0, 0.1) is 0 Å². The van der Waals surface area contributed by atoms with Crippen LogP contribution in [0.3, 0.4) is 0 Å². The molecule has 0 unspecified atom stereocenters. The largest absolute Gasteiger partial charge is 0.349 e. The maximum absolute atomic E-state index is 12.6. The zero-order chi connectivity index (χ0) is 13.1. The third kappa shape index (κ3) is 2.58. The van der Waals surface area contributed by atoms with Crippen LogP contribution >= 0.6 is 15.9 Å². The van der Waals surface area contributed by atoms with Gasteiger partial charge < -0.3 is 4.90 Å². The monoisotopic (exact) mass is 319 g/mol. The Morgan fingerprint density at radius 2 is 2.22 bits per heavy atom. The van der Waals surface area contributed by atoms with E-state index in [2.05, 4.69) is 31.0 Å². The lowest BCUT2D eigenvalue weighted by molar-refractivity contribution is 0.155. The van der Waals surface area contributed by atoms with Gasteiger partial charge in [0.15, 0.2) is 5.65 Å². The number of halogens is 3. The van der Waals surface area contributed by atoms with Crippen molar-refractivity contribution in [1.82, 2.24) is 19.7 Å². The molecule has 0 saturated carbocycles. The van der Waals surface area contributed by atoms with Gasteiger partial charge >= 0.3 is 0 Å². The molecular weight excluding hydrogens is 308 g/mol.